The van der Waals surface area contributed by atoms with Crippen molar-refractivity contribution in [2.45, 2.75) is 57.2 Å². The molecule has 1 heterocycles. The predicted octanol–water partition coefficient (Wildman–Crippen LogP) is 4.26. The Kier molecular flexibility index (Phi) is 6.35. The molecule has 3 heteroatoms. The van der Waals surface area contributed by atoms with E-state index >= 15 is 0 Å². The smallest absolute Gasteiger partial charge is 0.261 e. The summed E-state index contributed by atoms with van der Waals surface area (Å²) in [7, 11) is -2.48. The Bertz CT molecular complexity index is 684. The van der Waals surface area contributed by atoms with E-state index in [-0.39, 0.29) is 11.1 Å². The maximum atomic E-state index is 7.31. The van der Waals surface area contributed by atoms with Crippen LogP contribution in [0.25, 0.3) is 0 Å². The van der Waals surface area contributed by atoms with Gasteiger partial charge < -0.3 is 9.74 Å². The van der Waals surface area contributed by atoms with Gasteiger partial charge in [-0.15, -0.1) is 6.58 Å². The summed E-state index contributed by atoms with van der Waals surface area (Å²) in [5.41, 5.74) is 0. The number of benzene rings is 2. The number of rotatable bonds is 6. The second-order valence-electron chi connectivity index (χ2n) is 8.55. The third kappa shape index (κ3) is 4.10. The average Bonchev–Trinajstić information content (AvgIpc) is 2.68. The molecule has 1 fully saturated rings. The molecule has 3 rings (SSSR count). The number of piperidine rings is 1. The van der Waals surface area contributed by atoms with Crippen molar-refractivity contribution < 1.29 is 4.43 Å². The molecule has 0 bridgehead atoms. The van der Waals surface area contributed by atoms with Crippen LogP contribution in [0.1, 0.15) is 40.0 Å². The fraction of sp³-hybridized carbons (Fsp3) is 0.417. The highest BCUT2D eigenvalue weighted by Crippen LogP contribution is 2.38. The quantitative estimate of drug-likeness (QED) is 0.598. The molecule has 1 aliphatic heterocycles. The minimum atomic E-state index is -2.48. The lowest BCUT2D eigenvalue weighted by Crippen LogP contribution is -2.69. The Hall–Kier alpha value is -1.68. The molecule has 2 aromatic rings. The van der Waals surface area contributed by atoms with E-state index < -0.39 is 8.32 Å². The van der Waals surface area contributed by atoms with Gasteiger partial charge in [-0.25, -0.2) is 0 Å². The summed E-state index contributed by atoms with van der Waals surface area (Å²) >= 11 is 0. The molecular formula is C24H33NOSi. The van der Waals surface area contributed by atoms with E-state index in [1.807, 2.05) is 6.08 Å². The van der Waals surface area contributed by atoms with E-state index in [2.05, 4.69) is 93.3 Å². The van der Waals surface area contributed by atoms with Crippen molar-refractivity contribution in [3.8, 4) is 0 Å². The molecule has 1 saturated heterocycles. The maximum absolute atomic E-state index is 7.31. The van der Waals surface area contributed by atoms with Crippen molar-refractivity contribution >= 4 is 18.7 Å². The molecule has 0 amide bonds. The zero-order valence-corrected chi connectivity index (χ0v) is 17.9. The van der Waals surface area contributed by atoms with Crippen LogP contribution in [-0.4, -0.2) is 27.0 Å². The second kappa shape index (κ2) is 8.55. The van der Waals surface area contributed by atoms with Gasteiger partial charge in [0.25, 0.3) is 8.32 Å². The first kappa shape index (κ1) is 20.1. The zero-order valence-electron chi connectivity index (χ0n) is 16.9. The van der Waals surface area contributed by atoms with Crippen molar-refractivity contribution in [3.05, 3.63) is 73.3 Å². The molecule has 0 unspecified atom stereocenters. The molecule has 0 aromatic heterocycles. The second-order valence-corrected chi connectivity index (χ2v) is 12.8. The molecule has 1 N–H and O–H groups in total. The lowest BCUT2D eigenvalue weighted by atomic mass is 9.99. The maximum Gasteiger partial charge on any atom is 0.261 e. The zero-order chi connectivity index (χ0) is 19.3. The first-order chi connectivity index (χ1) is 13.0. The first-order valence-electron chi connectivity index (χ1n) is 10.1. The van der Waals surface area contributed by atoms with E-state index in [0.717, 1.165) is 25.8 Å². The molecule has 27 heavy (non-hydrogen) atoms. The van der Waals surface area contributed by atoms with Crippen LogP contribution in [0.3, 0.4) is 0 Å². The van der Waals surface area contributed by atoms with Crippen molar-refractivity contribution in [2.24, 2.45) is 0 Å². The summed E-state index contributed by atoms with van der Waals surface area (Å²) in [5, 5.41) is 6.40. The highest BCUT2D eigenvalue weighted by atomic mass is 28.4. The van der Waals surface area contributed by atoms with Gasteiger partial charge in [-0.05, 0) is 41.2 Å². The standard InChI is InChI=1S/C24H33NOSi/c1-5-13-22-23(18-12-19-25-22)26-27(24(2,3)4,20-14-8-6-9-15-20)21-16-10-7-11-17-21/h5-11,14-17,22-23,25H,1,12-13,18-19H2,2-4H3/t22-,23-/m0/s1. The van der Waals surface area contributed by atoms with Crippen LogP contribution in [0, 0.1) is 0 Å². The Morgan fingerprint density at radius 2 is 1.59 bits per heavy atom. The normalized spacial score (nSPS) is 21.0. The summed E-state index contributed by atoms with van der Waals surface area (Å²) in [5.74, 6) is 0. The summed E-state index contributed by atoms with van der Waals surface area (Å²) in [6.07, 6.45) is 5.45. The molecule has 0 aliphatic carbocycles. The van der Waals surface area contributed by atoms with Gasteiger partial charge in [-0.2, -0.15) is 0 Å². The lowest BCUT2D eigenvalue weighted by molar-refractivity contribution is 0.111. The molecule has 0 radical (unpaired) electrons. The highest BCUT2D eigenvalue weighted by molar-refractivity contribution is 6.99. The molecular weight excluding hydrogens is 346 g/mol. The van der Waals surface area contributed by atoms with Crippen molar-refractivity contribution in [3.63, 3.8) is 0 Å². The molecule has 0 saturated carbocycles. The van der Waals surface area contributed by atoms with Gasteiger partial charge in [-0.3, -0.25) is 0 Å². The van der Waals surface area contributed by atoms with Crippen LogP contribution < -0.4 is 15.7 Å². The van der Waals surface area contributed by atoms with Crippen molar-refractivity contribution in [2.75, 3.05) is 6.54 Å². The average molecular weight is 380 g/mol. The van der Waals surface area contributed by atoms with E-state index in [1.165, 1.54) is 10.4 Å². The minimum Gasteiger partial charge on any atom is -0.403 e. The fourth-order valence-corrected chi connectivity index (χ4v) is 9.15. The van der Waals surface area contributed by atoms with E-state index in [1.54, 1.807) is 0 Å². The summed E-state index contributed by atoms with van der Waals surface area (Å²) < 4.78 is 7.31. The molecule has 2 aromatic carbocycles. The van der Waals surface area contributed by atoms with Gasteiger partial charge >= 0.3 is 0 Å². The highest BCUT2D eigenvalue weighted by Gasteiger charge is 2.52. The lowest BCUT2D eigenvalue weighted by Gasteiger charge is -2.47. The van der Waals surface area contributed by atoms with Gasteiger partial charge in [0.2, 0.25) is 0 Å². The predicted molar refractivity (Wildman–Crippen MR) is 118 cm³/mol. The molecule has 144 valence electrons. The largest absolute Gasteiger partial charge is 0.403 e. The monoisotopic (exact) mass is 379 g/mol. The van der Waals surface area contributed by atoms with Gasteiger partial charge in [-0.1, -0.05) is 87.5 Å². The Labute approximate surface area is 165 Å². The van der Waals surface area contributed by atoms with Crippen LogP contribution in [0.15, 0.2) is 73.3 Å². The van der Waals surface area contributed by atoms with Gasteiger partial charge in [0.15, 0.2) is 0 Å². The van der Waals surface area contributed by atoms with E-state index in [0.29, 0.717) is 6.04 Å². The van der Waals surface area contributed by atoms with Gasteiger partial charge in [0.1, 0.15) is 0 Å². The molecule has 2 nitrogen and oxygen atoms in total. The summed E-state index contributed by atoms with van der Waals surface area (Å²) in [4.78, 5) is 0. The van der Waals surface area contributed by atoms with Crippen LogP contribution in [0.2, 0.25) is 5.04 Å². The molecule has 0 spiro atoms. The topological polar surface area (TPSA) is 21.3 Å². The van der Waals surface area contributed by atoms with Crippen LogP contribution >= 0.6 is 0 Å². The third-order valence-corrected chi connectivity index (χ3v) is 10.7. The Morgan fingerprint density at radius 1 is 1.04 bits per heavy atom. The van der Waals surface area contributed by atoms with E-state index in [9.17, 15) is 0 Å². The van der Waals surface area contributed by atoms with Crippen molar-refractivity contribution in [1.29, 1.82) is 0 Å². The number of hydrogen-bond acceptors (Lipinski definition) is 2. The van der Waals surface area contributed by atoms with Crippen molar-refractivity contribution in [1.82, 2.24) is 5.32 Å². The number of nitrogens with one attached hydrogen (secondary N) is 1. The first-order valence-corrected chi connectivity index (χ1v) is 12.0. The Morgan fingerprint density at radius 3 is 2.07 bits per heavy atom. The minimum absolute atomic E-state index is 0.0197. The number of hydrogen-bond donors (Lipinski definition) is 1. The van der Waals surface area contributed by atoms with Crippen LogP contribution in [0.5, 0.6) is 0 Å². The molecule has 1 aliphatic rings. The van der Waals surface area contributed by atoms with Gasteiger partial charge in [0, 0.05) is 6.04 Å². The van der Waals surface area contributed by atoms with Crippen LogP contribution in [-0.2, 0) is 4.43 Å². The van der Waals surface area contributed by atoms with E-state index in [4.69, 9.17) is 4.43 Å². The van der Waals surface area contributed by atoms with Crippen LogP contribution in [0.4, 0.5) is 0 Å². The fourth-order valence-electron chi connectivity index (χ4n) is 4.40. The third-order valence-electron chi connectivity index (χ3n) is 5.69. The van der Waals surface area contributed by atoms with Gasteiger partial charge in [0.05, 0.1) is 6.10 Å². The summed E-state index contributed by atoms with van der Waals surface area (Å²) in [6.45, 7) is 12.1. The Balaban J connectivity index is 2.13. The summed E-state index contributed by atoms with van der Waals surface area (Å²) in [6, 6.07) is 22.2. The molecule has 2 atom stereocenters. The SMILES string of the molecule is C=CC[C@@H]1NCCC[C@@H]1O[Si](c1ccccc1)(c1ccccc1)C(C)(C)C.